The number of Topliss-reactive ketones (excluding diaryl/α,β-unsaturated/α-hetero) is 1. The van der Waals surface area contributed by atoms with Crippen LogP contribution in [-0.2, 0) is 14.3 Å². The molecule has 5 heteroatoms. The molecular weight excluding hydrogens is 368 g/mol. The van der Waals surface area contributed by atoms with Crippen LogP contribution in [0.5, 0.6) is 0 Å². The first-order chi connectivity index (χ1) is 10.7. The number of hydrogen-bond acceptors (Lipinski definition) is 3. The Balaban J connectivity index is 1.72. The van der Waals surface area contributed by atoms with Gasteiger partial charge in [0.25, 0.3) is 0 Å². The predicted octanol–water partition coefficient (Wildman–Crippen LogP) is 4.23. The van der Waals surface area contributed by atoms with E-state index in [0.717, 1.165) is 30.2 Å². The minimum atomic E-state index is -0.0578. The molecule has 3 atom stereocenters. The standard InChI is InChI=1S/C17H18BrClO3/c18-7-8-21-13-5-6-14-16(9-13)22-10-15(17(14)20)11-1-3-12(19)4-2-11/h1-4,10,13-14,16H,5-9H2. The fraction of sp³-hybridized carbons (Fsp3) is 0.471. The third-order valence-corrected chi connectivity index (χ3v) is 4.87. The number of alkyl halides is 1. The SMILES string of the molecule is O=C1C(c2ccc(Cl)cc2)=COC2CC(OCCBr)CCC12. The van der Waals surface area contributed by atoms with Crippen LogP contribution in [-0.4, -0.2) is 29.9 Å². The number of fused-ring (bicyclic) bond motifs is 1. The van der Waals surface area contributed by atoms with Crippen molar-refractivity contribution in [2.75, 3.05) is 11.9 Å². The summed E-state index contributed by atoms with van der Waals surface area (Å²) in [6.45, 7) is 0.696. The molecule has 22 heavy (non-hydrogen) atoms. The van der Waals surface area contributed by atoms with Crippen molar-refractivity contribution >= 4 is 38.9 Å². The summed E-state index contributed by atoms with van der Waals surface area (Å²) in [5, 5.41) is 1.49. The smallest absolute Gasteiger partial charge is 0.173 e. The highest BCUT2D eigenvalue weighted by Gasteiger charge is 2.40. The summed E-state index contributed by atoms with van der Waals surface area (Å²) < 4.78 is 11.6. The van der Waals surface area contributed by atoms with Gasteiger partial charge in [0.1, 0.15) is 6.10 Å². The molecule has 118 valence electrons. The van der Waals surface area contributed by atoms with E-state index >= 15 is 0 Å². The fourth-order valence-electron chi connectivity index (χ4n) is 3.16. The molecule has 0 saturated heterocycles. The van der Waals surface area contributed by atoms with E-state index in [1.54, 1.807) is 18.4 Å². The van der Waals surface area contributed by atoms with Crippen LogP contribution in [0, 0.1) is 5.92 Å². The van der Waals surface area contributed by atoms with Crippen LogP contribution in [0.3, 0.4) is 0 Å². The molecule has 1 aliphatic carbocycles. The van der Waals surface area contributed by atoms with E-state index in [1.807, 2.05) is 12.1 Å². The molecule has 0 bridgehead atoms. The second kappa shape index (κ2) is 7.16. The molecule has 0 radical (unpaired) electrons. The van der Waals surface area contributed by atoms with E-state index in [4.69, 9.17) is 21.1 Å². The average Bonchev–Trinajstić information content (AvgIpc) is 2.54. The van der Waals surface area contributed by atoms with Crippen molar-refractivity contribution in [3.05, 3.63) is 41.1 Å². The van der Waals surface area contributed by atoms with E-state index in [-0.39, 0.29) is 23.9 Å². The summed E-state index contributed by atoms with van der Waals surface area (Å²) in [5.74, 6) is 0.122. The van der Waals surface area contributed by atoms with E-state index in [1.165, 1.54) is 0 Å². The Morgan fingerprint density at radius 2 is 2.05 bits per heavy atom. The highest BCUT2D eigenvalue weighted by molar-refractivity contribution is 9.09. The molecule has 2 aliphatic rings. The minimum Gasteiger partial charge on any atom is -0.496 e. The zero-order valence-electron chi connectivity index (χ0n) is 12.1. The Labute approximate surface area is 143 Å². The van der Waals surface area contributed by atoms with Gasteiger partial charge in [0.15, 0.2) is 5.78 Å². The van der Waals surface area contributed by atoms with Gasteiger partial charge in [0.2, 0.25) is 0 Å². The number of ether oxygens (including phenoxy) is 2. The second-order valence-electron chi connectivity index (χ2n) is 5.68. The maximum atomic E-state index is 12.7. The topological polar surface area (TPSA) is 35.5 Å². The molecule has 1 fully saturated rings. The van der Waals surface area contributed by atoms with Crippen LogP contribution in [0.1, 0.15) is 24.8 Å². The Bertz CT molecular complexity index is 570. The quantitative estimate of drug-likeness (QED) is 0.728. The Hall–Kier alpha value is -0.840. The maximum absolute atomic E-state index is 12.7. The third-order valence-electron chi connectivity index (χ3n) is 4.29. The van der Waals surface area contributed by atoms with Crippen molar-refractivity contribution in [2.24, 2.45) is 5.92 Å². The summed E-state index contributed by atoms with van der Waals surface area (Å²) in [5.41, 5.74) is 1.52. The van der Waals surface area contributed by atoms with E-state index in [0.29, 0.717) is 17.2 Å². The van der Waals surface area contributed by atoms with Gasteiger partial charge in [-0.1, -0.05) is 39.7 Å². The third kappa shape index (κ3) is 3.39. The lowest BCUT2D eigenvalue weighted by Crippen LogP contribution is -2.41. The summed E-state index contributed by atoms with van der Waals surface area (Å²) >= 11 is 9.27. The van der Waals surface area contributed by atoms with Crippen molar-refractivity contribution < 1.29 is 14.3 Å². The predicted molar refractivity (Wildman–Crippen MR) is 90.2 cm³/mol. The number of rotatable bonds is 4. The molecule has 1 aromatic carbocycles. The zero-order valence-corrected chi connectivity index (χ0v) is 14.5. The monoisotopic (exact) mass is 384 g/mol. The fourth-order valence-corrected chi connectivity index (χ4v) is 3.47. The molecule has 3 nitrogen and oxygen atoms in total. The molecule has 3 unspecified atom stereocenters. The van der Waals surface area contributed by atoms with Gasteiger partial charge in [-0.15, -0.1) is 0 Å². The van der Waals surface area contributed by atoms with Crippen LogP contribution in [0.4, 0.5) is 0 Å². The van der Waals surface area contributed by atoms with Crippen molar-refractivity contribution in [1.82, 2.24) is 0 Å². The summed E-state index contributed by atoms with van der Waals surface area (Å²) in [4.78, 5) is 12.7. The summed E-state index contributed by atoms with van der Waals surface area (Å²) in [7, 11) is 0. The Kier molecular flexibility index (Phi) is 5.21. The van der Waals surface area contributed by atoms with Gasteiger partial charge >= 0.3 is 0 Å². The van der Waals surface area contributed by atoms with Crippen molar-refractivity contribution in [3.63, 3.8) is 0 Å². The molecule has 1 aromatic rings. The zero-order chi connectivity index (χ0) is 15.5. The highest BCUT2D eigenvalue weighted by Crippen LogP contribution is 2.37. The largest absolute Gasteiger partial charge is 0.496 e. The molecule has 3 rings (SSSR count). The lowest BCUT2D eigenvalue weighted by atomic mass is 9.78. The van der Waals surface area contributed by atoms with Crippen LogP contribution in [0.25, 0.3) is 5.57 Å². The van der Waals surface area contributed by atoms with E-state index in [9.17, 15) is 4.79 Å². The molecular formula is C17H18BrClO3. The van der Waals surface area contributed by atoms with Gasteiger partial charge in [-0.2, -0.15) is 0 Å². The average molecular weight is 386 g/mol. The first-order valence-corrected chi connectivity index (χ1v) is 9.02. The second-order valence-corrected chi connectivity index (χ2v) is 6.91. The van der Waals surface area contributed by atoms with Gasteiger partial charge in [-0.3, -0.25) is 4.79 Å². The minimum absolute atomic E-state index is 0.0560. The maximum Gasteiger partial charge on any atom is 0.173 e. The summed E-state index contributed by atoms with van der Waals surface area (Å²) in [6.07, 6.45) is 4.26. The lowest BCUT2D eigenvalue weighted by Gasteiger charge is -2.37. The van der Waals surface area contributed by atoms with Crippen LogP contribution in [0.2, 0.25) is 5.02 Å². The lowest BCUT2D eigenvalue weighted by molar-refractivity contribution is -0.127. The van der Waals surface area contributed by atoms with Crippen LogP contribution >= 0.6 is 27.5 Å². The van der Waals surface area contributed by atoms with Gasteiger partial charge in [0.05, 0.1) is 30.5 Å². The summed E-state index contributed by atoms with van der Waals surface area (Å²) in [6, 6.07) is 7.31. The molecule has 0 aromatic heterocycles. The van der Waals surface area contributed by atoms with Gasteiger partial charge in [0, 0.05) is 16.8 Å². The number of carbonyl (C=O) groups excluding carboxylic acids is 1. The number of benzene rings is 1. The van der Waals surface area contributed by atoms with Crippen LogP contribution < -0.4 is 0 Å². The molecule has 1 saturated carbocycles. The van der Waals surface area contributed by atoms with Crippen LogP contribution in [0.15, 0.2) is 30.5 Å². The highest BCUT2D eigenvalue weighted by atomic mass is 79.9. The first-order valence-electron chi connectivity index (χ1n) is 7.52. The van der Waals surface area contributed by atoms with Crippen molar-refractivity contribution in [3.8, 4) is 0 Å². The van der Waals surface area contributed by atoms with Gasteiger partial charge in [-0.25, -0.2) is 0 Å². The Morgan fingerprint density at radius 1 is 1.27 bits per heavy atom. The molecule has 0 amide bonds. The van der Waals surface area contributed by atoms with E-state index in [2.05, 4.69) is 15.9 Å². The molecule has 1 heterocycles. The van der Waals surface area contributed by atoms with E-state index < -0.39 is 0 Å². The molecule has 1 aliphatic heterocycles. The molecule has 0 N–H and O–H groups in total. The number of allylic oxidation sites excluding steroid dienone is 1. The van der Waals surface area contributed by atoms with Crippen molar-refractivity contribution in [2.45, 2.75) is 31.5 Å². The first kappa shape index (κ1) is 16.0. The van der Waals surface area contributed by atoms with Crippen molar-refractivity contribution in [1.29, 1.82) is 0 Å². The number of ketones is 1. The van der Waals surface area contributed by atoms with Gasteiger partial charge in [-0.05, 0) is 30.5 Å². The number of halogens is 2. The normalized spacial score (nSPS) is 27.8. The number of carbonyl (C=O) groups is 1. The molecule has 0 spiro atoms. The number of hydrogen-bond donors (Lipinski definition) is 0. The van der Waals surface area contributed by atoms with Gasteiger partial charge < -0.3 is 9.47 Å². The Morgan fingerprint density at radius 3 is 2.77 bits per heavy atom.